The van der Waals surface area contributed by atoms with Gasteiger partial charge in [0.05, 0.1) is 0 Å². The lowest BCUT2D eigenvalue weighted by Crippen LogP contribution is -2.38. The summed E-state index contributed by atoms with van der Waals surface area (Å²) in [4.78, 5) is 37.8. The van der Waals surface area contributed by atoms with Gasteiger partial charge < -0.3 is 16.0 Å². The van der Waals surface area contributed by atoms with Crippen LogP contribution in [0.5, 0.6) is 0 Å². The van der Waals surface area contributed by atoms with Crippen LogP contribution < -0.4 is 21.5 Å². The Kier molecular flexibility index (Phi) is 6.98. The maximum absolute atomic E-state index is 13.8. The van der Waals surface area contributed by atoms with Crippen molar-refractivity contribution in [2.45, 2.75) is 38.8 Å². The molecule has 1 aliphatic heterocycles. The number of hydrogen-bond acceptors (Lipinski definition) is 6. The molecule has 2 aromatic carbocycles. The molecular formula is C29H30N6O2. The first-order valence-electron chi connectivity index (χ1n) is 12.5. The van der Waals surface area contributed by atoms with Crippen molar-refractivity contribution < 1.29 is 4.79 Å². The van der Waals surface area contributed by atoms with Crippen LogP contribution in [0.4, 0.5) is 17.3 Å². The molecule has 0 bridgehead atoms. The number of fused-ring (bicyclic) bond motifs is 1. The van der Waals surface area contributed by atoms with Gasteiger partial charge in [-0.25, -0.2) is 9.97 Å². The van der Waals surface area contributed by atoms with E-state index in [0.29, 0.717) is 37.6 Å². The van der Waals surface area contributed by atoms with Crippen LogP contribution in [0.25, 0.3) is 0 Å². The number of para-hydroxylation sites is 1. The maximum Gasteiger partial charge on any atom is 0.294 e. The van der Waals surface area contributed by atoms with Crippen molar-refractivity contribution in [1.29, 1.82) is 0 Å². The fraction of sp³-hybridized carbons (Fsp3) is 0.241. The molecule has 37 heavy (non-hydrogen) atoms. The first kappa shape index (κ1) is 24.2. The Morgan fingerprint density at radius 3 is 2.54 bits per heavy atom. The van der Waals surface area contributed by atoms with Crippen molar-refractivity contribution >= 4 is 23.2 Å². The van der Waals surface area contributed by atoms with Crippen LogP contribution in [-0.2, 0) is 24.2 Å². The van der Waals surface area contributed by atoms with Gasteiger partial charge in [0.15, 0.2) is 5.82 Å². The number of aryl methyl sites for hydroxylation is 2. The lowest BCUT2D eigenvalue weighted by Gasteiger charge is -2.25. The molecule has 5 rings (SSSR count). The van der Waals surface area contributed by atoms with E-state index in [1.807, 2.05) is 66.4 Å². The minimum absolute atomic E-state index is 0.190. The zero-order chi connectivity index (χ0) is 25.8. The first-order valence-corrected chi connectivity index (χ1v) is 12.5. The van der Waals surface area contributed by atoms with Gasteiger partial charge in [0.2, 0.25) is 5.91 Å². The molecule has 4 aromatic rings. The largest absolute Gasteiger partial charge is 0.384 e. The van der Waals surface area contributed by atoms with E-state index in [1.54, 1.807) is 16.8 Å². The van der Waals surface area contributed by atoms with Gasteiger partial charge in [-0.3, -0.25) is 14.2 Å². The molecular weight excluding hydrogens is 464 g/mol. The van der Waals surface area contributed by atoms with Gasteiger partial charge in [-0.15, -0.1) is 0 Å². The van der Waals surface area contributed by atoms with Crippen LogP contribution in [0.3, 0.4) is 0 Å². The average molecular weight is 495 g/mol. The van der Waals surface area contributed by atoms with Crippen LogP contribution in [0.1, 0.15) is 35.0 Å². The van der Waals surface area contributed by atoms with E-state index in [1.165, 1.54) is 5.56 Å². The highest BCUT2D eigenvalue weighted by atomic mass is 16.2. The van der Waals surface area contributed by atoms with E-state index in [2.05, 4.69) is 27.4 Å². The van der Waals surface area contributed by atoms with Crippen molar-refractivity contribution in [1.82, 2.24) is 19.9 Å². The monoisotopic (exact) mass is 494 g/mol. The molecule has 8 heteroatoms. The van der Waals surface area contributed by atoms with Crippen LogP contribution in [0, 0.1) is 6.92 Å². The maximum atomic E-state index is 13.8. The Morgan fingerprint density at radius 1 is 1.08 bits per heavy atom. The predicted octanol–water partition coefficient (Wildman–Crippen LogP) is 3.71. The minimum Gasteiger partial charge on any atom is -0.384 e. The number of aromatic nitrogens is 3. The lowest BCUT2D eigenvalue weighted by atomic mass is 10.1. The third kappa shape index (κ3) is 5.23. The number of carbonyl (C=O) groups excluding carboxylic acids is 1. The number of rotatable bonds is 8. The molecule has 8 nitrogen and oxygen atoms in total. The van der Waals surface area contributed by atoms with E-state index in [-0.39, 0.29) is 11.5 Å². The molecule has 2 aromatic heterocycles. The summed E-state index contributed by atoms with van der Waals surface area (Å²) >= 11 is 0. The second-order valence-electron chi connectivity index (χ2n) is 9.22. The summed E-state index contributed by atoms with van der Waals surface area (Å²) in [5, 5.41) is 2.98. The third-order valence-corrected chi connectivity index (χ3v) is 6.80. The lowest BCUT2D eigenvalue weighted by molar-refractivity contribution is -0.124. The van der Waals surface area contributed by atoms with Crippen molar-refractivity contribution in [3.8, 4) is 0 Å². The number of nitrogens with one attached hydrogen (secondary N) is 1. The molecule has 0 spiro atoms. The van der Waals surface area contributed by atoms with Crippen LogP contribution in [-0.4, -0.2) is 27.0 Å². The number of carbonyl (C=O) groups is 1. The topological polar surface area (TPSA) is 106 Å². The number of anilines is 3. The van der Waals surface area contributed by atoms with Gasteiger partial charge in [0, 0.05) is 36.4 Å². The molecule has 0 radical (unpaired) electrons. The fourth-order valence-corrected chi connectivity index (χ4v) is 4.81. The number of nitrogens with two attached hydrogens (primary N) is 1. The Balaban J connectivity index is 1.41. The first-order chi connectivity index (χ1) is 18.0. The second kappa shape index (κ2) is 10.7. The minimum atomic E-state index is -0.585. The average Bonchev–Trinajstić information content (AvgIpc) is 3.36. The quantitative estimate of drug-likeness (QED) is 0.387. The Labute approximate surface area is 215 Å². The van der Waals surface area contributed by atoms with E-state index in [9.17, 15) is 9.59 Å². The van der Waals surface area contributed by atoms with Crippen LogP contribution in [0.2, 0.25) is 0 Å². The van der Waals surface area contributed by atoms with Gasteiger partial charge >= 0.3 is 0 Å². The zero-order valence-electron chi connectivity index (χ0n) is 20.8. The predicted molar refractivity (Wildman–Crippen MR) is 145 cm³/mol. The van der Waals surface area contributed by atoms with Crippen molar-refractivity contribution in [3.05, 3.63) is 112 Å². The molecule has 1 aliphatic rings. The molecule has 0 saturated heterocycles. The summed E-state index contributed by atoms with van der Waals surface area (Å²) in [6.07, 6.45) is 3.66. The molecule has 188 valence electrons. The second-order valence-corrected chi connectivity index (χ2v) is 9.22. The van der Waals surface area contributed by atoms with Crippen molar-refractivity contribution in [2.24, 2.45) is 0 Å². The molecule has 1 atom stereocenters. The van der Waals surface area contributed by atoms with E-state index in [0.717, 1.165) is 29.1 Å². The number of amides is 1. The zero-order valence-corrected chi connectivity index (χ0v) is 20.8. The highest BCUT2D eigenvalue weighted by Crippen LogP contribution is 2.27. The Morgan fingerprint density at radius 2 is 1.81 bits per heavy atom. The summed E-state index contributed by atoms with van der Waals surface area (Å²) in [5.41, 5.74) is 9.98. The molecule has 3 heterocycles. The summed E-state index contributed by atoms with van der Waals surface area (Å²) < 4.78 is 1.62. The van der Waals surface area contributed by atoms with E-state index < -0.39 is 6.04 Å². The van der Waals surface area contributed by atoms with Gasteiger partial charge in [0.25, 0.3) is 5.56 Å². The van der Waals surface area contributed by atoms with Gasteiger partial charge in [-0.05, 0) is 55.5 Å². The number of nitrogens with zero attached hydrogens (tertiary/aromatic N) is 4. The highest BCUT2D eigenvalue weighted by Gasteiger charge is 2.31. The number of nitrogen functional groups attached to an aromatic ring is 1. The molecule has 3 N–H and O–H groups in total. The SMILES string of the molecule is Cc1nc(N)ccc1CNC(=O)C1CCc2cnc(N(CCc3ccccc3)c3ccccc3)c(=O)n21. The third-order valence-electron chi connectivity index (χ3n) is 6.80. The van der Waals surface area contributed by atoms with Crippen molar-refractivity contribution in [3.63, 3.8) is 0 Å². The molecule has 1 amide bonds. The van der Waals surface area contributed by atoms with Gasteiger partial charge in [0.1, 0.15) is 11.9 Å². The van der Waals surface area contributed by atoms with E-state index >= 15 is 0 Å². The number of hydrogen-bond donors (Lipinski definition) is 2. The Bertz CT molecular complexity index is 1450. The summed E-state index contributed by atoms with van der Waals surface area (Å²) in [6.45, 7) is 2.76. The smallest absolute Gasteiger partial charge is 0.294 e. The van der Waals surface area contributed by atoms with Gasteiger partial charge in [-0.2, -0.15) is 0 Å². The molecule has 0 fully saturated rings. The van der Waals surface area contributed by atoms with Crippen LogP contribution >= 0.6 is 0 Å². The van der Waals surface area contributed by atoms with Crippen LogP contribution in [0.15, 0.2) is 83.8 Å². The fourth-order valence-electron chi connectivity index (χ4n) is 4.81. The van der Waals surface area contributed by atoms with Gasteiger partial charge in [-0.1, -0.05) is 54.6 Å². The molecule has 0 aliphatic carbocycles. The highest BCUT2D eigenvalue weighted by molar-refractivity contribution is 5.81. The van der Waals surface area contributed by atoms with E-state index in [4.69, 9.17) is 5.73 Å². The Hall–Kier alpha value is -4.46. The standard InChI is InChI=1S/C29H30N6O2/c1-20-22(12-15-26(30)33-20)18-32-28(36)25-14-13-24-19-31-27(29(37)35(24)25)34(23-10-6-3-7-11-23)17-16-21-8-4-2-5-9-21/h2-12,15,19,25H,13-14,16-18H2,1H3,(H2,30,33)(H,32,36). The number of pyridine rings is 1. The van der Waals surface area contributed by atoms with Crippen molar-refractivity contribution in [2.75, 3.05) is 17.2 Å². The number of benzene rings is 2. The molecule has 0 saturated carbocycles. The summed E-state index contributed by atoms with van der Waals surface area (Å²) in [5.74, 6) is 0.577. The summed E-state index contributed by atoms with van der Waals surface area (Å²) in [7, 11) is 0. The molecule has 1 unspecified atom stereocenters. The summed E-state index contributed by atoms with van der Waals surface area (Å²) in [6, 6.07) is 22.9. The normalized spacial score (nSPS) is 14.2.